The predicted octanol–water partition coefficient (Wildman–Crippen LogP) is 8.50. The minimum atomic E-state index is -4.66. The van der Waals surface area contributed by atoms with Crippen molar-refractivity contribution in [1.29, 1.82) is 0 Å². The van der Waals surface area contributed by atoms with E-state index in [1.807, 2.05) is 6.07 Å². The molecule has 2 saturated heterocycles. The molecule has 5 heterocycles. The Morgan fingerprint density at radius 1 is 1.02 bits per heavy atom. The van der Waals surface area contributed by atoms with E-state index in [4.69, 9.17) is 9.47 Å². The SMILES string of the molecule is COc1nc2[nH]ccc2cc1Oc1cc(N2CCC3(CC2)CN([C@H]2CCC[C@H]2c2ccccc2C(C)C)C3)ccc1C(=O)NS(=O)(=O)c1cnc(NC[C@H]2CC[C@](C)(O)CC2)c([N+](=O)[O-])c1. The number of carbonyl (C=O) groups excluding carboxylic acids is 1. The lowest BCUT2D eigenvalue weighted by atomic mass is 9.70. The first-order valence-corrected chi connectivity index (χ1v) is 24.7. The monoisotopic (exact) mass is 920 g/mol. The molecule has 16 nitrogen and oxygen atoms in total. The number of methoxy groups -OCH3 is 1. The van der Waals surface area contributed by atoms with Crippen molar-refractivity contribution in [3.05, 3.63) is 99.9 Å². The van der Waals surface area contributed by atoms with Crippen LogP contribution in [0.4, 0.5) is 17.2 Å². The number of amides is 1. The standard InChI is InChI=1S/C49H60N8O8S/c1-31(2)36-8-5-6-9-37(36)38-10-7-11-40(38)56-29-49(30-56)19-22-55(23-20-49)34-12-13-39(42(25-34)65-43-24-33-16-21-50-44(33)53-47(43)64-4)46(58)54-66(62,63)35-26-41(57(60)61)45(52-28-35)51-27-32-14-17-48(3,59)18-15-32/h5-6,8-9,12-13,16,21,24-26,28,31-32,38,40,59H,7,10-11,14-15,17-20,22-23,27,29-30H2,1-4H3,(H,50,53)(H,51,52)(H,54,58)/t32-,38-,40-,48-/m0/s1. The van der Waals surface area contributed by atoms with Crippen molar-refractivity contribution in [2.24, 2.45) is 11.3 Å². The van der Waals surface area contributed by atoms with Gasteiger partial charge in [0, 0.05) is 68.2 Å². The number of aliphatic hydroxyl groups is 1. The number of carbonyl (C=O) groups is 1. The molecule has 2 aromatic carbocycles. The van der Waals surface area contributed by atoms with Crippen LogP contribution >= 0.6 is 0 Å². The molecule has 4 fully saturated rings. The first kappa shape index (κ1) is 45.4. The number of nitrogens with one attached hydrogen (secondary N) is 3. The Labute approximate surface area is 385 Å². The summed E-state index contributed by atoms with van der Waals surface area (Å²) in [7, 11) is -3.21. The summed E-state index contributed by atoms with van der Waals surface area (Å²) in [5.41, 5.74) is 3.26. The third-order valence-electron chi connectivity index (χ3n) is 14.6. The number of rotatable bonds is 14. The highest BCUT2D eigenvalue weighted by Crippen LogP contribution is 2.49. The van der Waals surface area contributed by atoms with Gasteiger partial charge in [0.2, 0.25) is 5.82 Å². The molecule has 0 bridgehead atoms. The highest BCUT2D eigenvalue weighted by atomic mass is 32.2. The van der Waals surface area contributed by atoms with E-state index in [1.54, 1.807) is 31.3 Å². The van der Waals surface area contributed by atoms with Crippen molar-refractivity contribution in [2.45, 2.75) is 107 Å². The molecule has 9 rings (SSSR count). The van der Waals surface area contributed by atoms with Crippen LogP contribution in [0.5, 0.6) is 17.4 Å². The van der Waals surface area contributed by atoms with Gasteiger partial charge in [0.1, 0.15) is 16.3 Å². The summed E-state index contributed by atoms with van der Waals surface area (Å²) >= 11 is 0. The number of hydrogen-bond acceptors (Lipinski definition) is 13. The molecule has 0 unspecified atom stereocenters. The predicted molar refractivity (Wildman–Crippen MR) is 252 cm³/mol. The van der Waals surface area contributed by atoms with E-state index >= 15 is 0 Å². The summed E-state index contributed by atoms with van der Waals surface area (Å²) in [6.07, 6.45) is 11.2. The maximum atomic E-state index is 14.1. The number of ether oxygens (including phenoxy) is 2. The molecular formula is C49H60N8O8S. The normalized spacial score (nSPS) is 23.2. The second-order valence-corrected chi connectivity index (χ2v) is 21.2. The molecule has 350 valence electrons. The first-order valence-electron chi connectivity index (χ1n) is 23.2. The van der Waals surface area contributed by atoms with Gasteiger partial charge in [-0.15, -0.1) is 0 Å². The number of nitrogens with zero attached hydrogens (tertiary/aromatic N) is 5. The van der Waals surface area contributed by atoms with E-state index in [9.17, 15) is 28.4 Å². The van der Waals surface area contributed by atoms with Gasteiger partial charge in [-0.25, -0.2) is 18.1 Å². The van der Waals surface area contributed by atoms with E-state index in [2.05, 4.69) is 72.9 Å². The summed E-state index contributed by atoms with van der Waals surface area (Å²) < 4.78 is 41.7. The van der Waals surface area contributed by atoms with Crippen LogP contribution in [0, 0.1) is 21.4 Å². The maximum Gasteiger partial charge on any atom is 0.312 e. The van der Waals surface area contributed by atoms with E-state index in [0.717, 1.165) is 75.2 Å². The summed E-state index contributed by atoms with van der Waals surface area (Å²) in [6.45, 7) is 10.5. The molecule has 2 aliphatic heterocycles. The molecule has 17 heteroatoms. The Morgan fingerprint density at radius 3 is 2.50 bits per heavy atom. The van der Waals surface area contributed by atoms with Crippen molar-refractivity contribution >= 4 is 44.2 Å². The average Bonchev–Trinajstić information content (AvgIpc) is 3.97. The number of likely N-dealkylation sites (tertiary alicyclic amines) is 1. The van der Waals surface area contributed by atoms with Crippen LogP contribution in [-0.2, 0) is 10.0 Å². The third-order valence-corrected chi connectivity index (χ3v) is 15.9. The maximum absolute atomic E-state index is 14.1. The van der Waals surface area contributed by atoms with Gasteiger partial charge >= 0.3 is 5.69 Å². The van der Waals surface area contributed by atoms with Crippen molar-refractivity contribution in [3.63, 3.8) is 0 Å². The van der Waals surface area contributed by atoms with Crippen molar-refractivity contribution in [2.75, 3.05) is 50.1 Å². The molecule has 2 saturated carbocycles. The zero-order valence-corrected chi connectivity index (χ0v) is 38.9. The number of anilines is 2. The van der Waals surface area contributed by atoms with Gasteiger partial charge in [-0.3, -0.25) is 19.8 Å². The van der Waals surface area contributed by atoms with Crippen LogP contribution in [0.2, 0.25) is 0 Å². The minimum absolute atomic E-state index is 0.0760. The summed E-state index contributed by atoms with van der Waals surface area (Å²) in [5.74, 6) is 0.576. The van der Waals surface area contributed by atoms with Crippen LogP contribution < -0.4 is 24.4 Å². The van der Waals surface area contributed by atoms with Crippen LogP contribution in [0.3, 0.4) is 0 Å². The van der Waals surface area contributed by atoms with Gasteiger partial charge < -0.3 is 29.8 Å². The number of fused-ring (bicyclic) bond motifs is 1. The molecule has 4 N–H and O–H groups in total. The molecule has 2 atom stereocenters. The zero-order chi connectivity index (χ0) is 46.4. The van der Waals surface area contributed by atoms with Crippen LogP contribution in [-0.4, -0.2) is 95.7 Å². The van der Waals surface area contributed by atoms with Crippen molar-refractivity contribution < 1.29 is 32.7 Å². The third kappa shape index (κ3) is 9.29. The van der Waals surface area contributed by atoms with Gasteiger partial charge in [0.25, 0.3) is 21.8 Å². The summed E-state index contributed by atoms with van der Waals surface area (Å²) in [4.78, 5) is 41.7. The molecule has 2 aliphatic carbocycles. The first-order chi connectivity index (χ1) is 31.6. The van der Waals surface area contributed by atoms with Crippen LogP contribution in [0.25, 0.3) is 11.0 Å². The average molecular weight is 921 g/mol. The highest BCUT2D eigenvalue weighted by molar-refractivity contribution is 7.90. The van der Waals surface area contributed by atoms with Crippen molar-refractivity contribution in [1.82, 2.24) is 24.6 Å². The molecule has 1 spiro atoms. The summed E-state index contributed by atoms with van der Waals surface area (Å²) in [6, 6.07) is 19.1. The Morgan fingerprint density at radius 2 is 1.77 bits per heavy atom. The van der Waals surface area contributed by atoms with Gasteiger partial charge in [0.05, 0.1) is 29.4 Å². The van der Waals surface area contributed by atoms with Crippen LogP contribution in [0.15, 0.2) is 78.0 Å². The van der Waals surface area contributed by atoms with Gasteiger partial charge in [-0.05, 0) is 117 Å². The molecular weight excluding hydrogens is 861 g/mol. The van der Waals surface area contributed by atoms with E-state index in [1.165, 1.54) is 43.6 Å². The number of H-pyrrole nitrogens is 1. The number of hydrogen-bond donors (Lipinski definition) is 4. The molecule has 66 heavy (non-hydrogen) atoms. The lowest BCUT2D eigenvalue weighted by Gasteiger charge is -2.57. The smallest absolute Gasteiger partial charge is 0.312 e. The minimum Gasteiger partial charge on any atom is -0.478 e. The quantitative estimate of drug-likeness (QED) is 0.0610. The fourth-order valence-electron chi connectivity index (χ4n) is 10.8. The topological polar surface area (TPSA) is 205 Å². The Hall–Kier alpha value is -5.78. The lowest BCUT2D eigenvalue weighted by Crippen LogP contribution is -2.63. The Kier molecular flexibility index (Phi) is 12.5. The fourth-order valence-corrected chi connectivity index (χ4v) is 11.8. The van der Waals surface area contributed by atoms with Gasteiger partial charge in [-0.2, -0.15) is 4.98 Å². The van der Waals surface area contributed by atoms with Gasteiger partial charge in [0.15, 0.2) is 5.75 Å². The number of pyridine rings is 2. The number of aromatic nitrogens is 3. The molecule has 1 amide bonds. The number of piperidine rings is 1. The highest BCUT2D eigenvalue weighted by Gasteiger charge is 2.49. The van der Waals surface area contributed by atoms with Crippen molar-refractivity contribution in [3.8, 4) is 17.4 Å². The number of benzene rings is 2. The number of sulfonamides is 1. The molecule has 4 aliphatic rings. The Bertz CT molecular complexity index is 2710. The van der Waals surface area contributed by atoms with E-state index < -0.39 is 37.0 Å². The molecule has 5 aromatic rings. The fraction of sp³-hybridized carbons (Fsp3) is 0.490. The molecule has 3 aromatic heterocycles. The largest absolute Gasteiger partial charge is 0.478 e. The summed E-state index contributed by atoms with van der Waals surface area (Å²) in [5, 5.41) is 26.2. The lowest BCUT2D eigenvalue weighted by molar-refractivity contribution is -0.384. The second-order valence-electron chi connectivity index (χ2n) is 19.5. The van der Waals surface area contributed by atoms with E-state index in [0.29, 0.717) is 42.9 Å². The number of aromatic amines is 1. The molecule has 0 radical (unpaired) electrons. The van der Waals surface area contributed by atoms with Crippen LogP contribution in [0.1, 0.15) is 112 Å². The number of nitro groups is 1. The van der Waals surface area contributed by atoms with E-state index in [-0.39, 0.29) is 40.1 Å². The van der Waals surface area contributed by atoms with Gasteiger partial charge in [-0.1, -0.05) is 44.5 Å². The Balaban J connectivity index is 0.918. The zero-order valence-electron chi connectivity index (χ0n) is 38.1. The second kappa shape index (κ2) is 18.1.